The topological polar surface area (TPSA) is 22.0 Å². The first-order valence-corrected chi connectivity index (χ1v) is 9.88. The summed E-state index contributed by atoms with van der Waals surface area (Å²) in [6, 6.07) is 11.2. The minimum Gasteiger partial charge on any atom is -0.335 e. The summed E-state index contributed by atoms with van der Waals surface area (Å²) in [6.45, 7) is 6.02. The number of thioether (sulfide) groups is 2. The number of aromatic nitrogens is 1. The monoisotopic (exact) mass is 351 g/mol. The van der Waals surface area contributed by atoms with Gasteiger partial charge in [-0.25, -0.2) is 4.39 Å². The molecule has 0 amide bonds. The Hall–Kier alpha value is -1.20. The van der Waals surface area contributed by atoms with Crippen LogP contribution in [0.2, 0.25) is 0 Å². The van der Waals surface area contributed by atoms with Crippen molar-refractivity contribution in [3.05, 3.63) is 59.7 Å². The zero-order valence-corrected chi connectivity index (χ0v) is 15.3. The third kappa shape index (κ3) is 4.21. The highest BCUT2D eigenvalue weighted by Gasteiger charge is 2.27. The number of hydrogen-bond acceptors (Lipinski definition) is 3. The van der Waals surface area contributed by atoms with E-state index in [1.807, 2.05) is 51.1 Å². The van der Waals surface area contributed by atoms with E-state index in [1.54, 1.807) is 34.3 Å². The number of Topliss-reactive ketones (excluding diaryl/α,β-unsaturated/α-hetero) is 1. The van der Waals surface area contributed by atoms with Crippen LogP contribution in [0.4, 0.5) is 4.39 Å². The fourth-order valence-electron chi connectivity index (χ4n) is 2.50. The largest absolute Gasteiger partial charge is 0.335 e. The molecule has 1 aromatic heterocycles. The molecule has 0 saturated heterocycles. The molecular weight excluding hydrogens is 329 g/mol. The van der Waals surface area contributed by atoms with Crippen LogP contribution in [0, 0.1) is 5.82 Å². The highest BCUT2D eigenvalue weighted by atomic mass is 32.2. The maximum Gasteiger partial charge on any atom is 0.205 e. The molecule has 0 saturated carbocycles. The van der Waals surface area contributed by atoms with Gasteiger partial charge in [-0.2, -0.15) is 0 Å². The van der Waals surface area contributed by atoms with Crippen molar-refractivity contribution in [2.45, 2.75) is 31.4 Å². The fourth-order valence-corrected chi connectivity index (χ4v) is 4.83. The van der Waals surface area contributed by atoms with E-state index in [9.17, 15) is 9.18 Å². The summed E-state index contributed by atoms with van der Waals surface area (Å²) in [5.41, 5.74) is 1.24. The lowest BCUT2D eigenvalue weighted by molar-refractivity contribution is 0.0996. The highest BCUT2D eigenvalue weighted by molar-refractivity contribution is 8.18. The molecule has 124 valence electrons. The van der Waals surface area contributed by atoms with Crippen molar-refractivity contribution in [3.8, 4) is 0 Å². The van der Waals surface area contributed by atoms with Crippen molar-refractivity contribution in [1.29, 1.82) is 0 Å². The van der Waals surface area contributed by atoms with Gasteiger partial charge < -0.3 is 4.57 Å². The summed E-state index contributed by atoms with van der Waals surface area (Å²) < 4.78 is 15.8. The standard InChI is InChI=1S/C18H22FNOS2/c1-4-22-18(23-5-2)17(21)16-15(19)11-12-20(16)13(3)14-9-7-6-8-10-14/h6-13,18H,4-5H2,1-3H3/t13-/m1/s1. The Kier molecular flexibility index (Phi) is 6.78. The average Bonchev–Trinajstić information content (AvgIpc) is 2.95. The lowest BCUT2D eigenvalue weighted by Gasteiger charge is -2.20. The maximum atomic E-state index is 14.3. The van der Waals surface area contributed by atoms with Gasteiger partial charge in [0.1, 0.15) is 10.3 Å². The normalized spacial score (nSPS) is 12.6. The molecule has 1 atom stereocenters. The number of hydrogen-bond donors (Lipinski definition) is 0. The number of ketones is 1. The number of carbonyl (C=O) groups excluding carboxylic acids is 1. The number of halogens is 1. The van der Waals surface area contributed by atoms with Crippen LogP contribution in [-0.4, -0.2) is 26.4 Å². The third-order valence-electron chi connectivity index (χ3n) is 3.65. The van der Waals surface area contributed by atoms with Crippen LogP contribution in [0.25, 0.3) is 0 Å². The van der Waals surface area contributed by atoms with Gasteiger partial charge in [-0.05, 0) is 30.1 Å². The van der Waals surface area contributed by atoms with E-state index in [1.165, 1.54) is 6.07 Å². The number of benzene rings is 1. The summed E-state index contributed by atoms with van der Waals surface area (Å²) in [6.07, 6.45) is 1.67. The van der Waals surface area contributed by atoms with Gasteiger partial charge in [-0.15, -0.1) is 23.5 Å². The summed E-state index contributed by atoms with van der Waals surface area (Å²) in [7, 11) is 0. The first kappa shape index (κ1) is 18.1. The quantitative estimate of drug-likeness (QED) is 0.479. The van der Waals surface area contributed by atoms with Gasteiger partial charge in [0.15, 0.2) is 5.82 Å². The van der Waals surface area contributed by atoms with Gasteiger partial charge in [0.25, 0.3) is 0 Å². The lowest BCUT2D eigenvalue weighted by atomic mass is 10.1. The van der Waals surface area contributed by atoms with Crippen LogP contribution in [0.15, 0.2) is 42.6 Å². The summed E-state index contributed by atoms with van der Waals surface area (Å²) in [5.74, 6) is 1.10. The molecule has 0 spiro atoms. The van der Waals surface area contributed by atoms with E-state index in [2.05, 4.69) is 0 Å². The average molecular weight is 352 g/mol. The van der Waals surface area contributed by atoms with Crippen molar-refractivity contribution < 1.29 is 9.18 Å². The molecule has 0 fully saturated rings. The van der Waals surface area contributed by atoms with Gasteiger partial charge >= 0.3 is 0 Å². The molecule has 2 nitrogen and oxygen atoms in total. The van der Waals surface area contributed by atoms with Gasteiger partial charge in [0.2, 0.25) is 5.78 Å². The molecule has 0 aliphatic heterocycles. The van der Waals surface area contributed by atoms with E-state index in [-0.39, 0.29) is 22.1 Å². The summed E-state index contributed by atoms with van der Waals surface area (Å²) in [5, 5.41) is 0. The smallest absolute Gasteiger partial charge is 0.205 e. The predicted molar refractivity (Wildman–Crippen MR) is 99.0 cm³/mol. The predicted octanol–water partition coefficient (Wildman–Crippen LogP) is 5.25. The van der Waals surface area contributed by atoms with E-state index < -0.39 is 5.82 Å². The van der Waals surface area contributed by atoms with Crippen LogP contribution in [0.1, 0.15) is 42.9 Å². The van der Waals surface area contributed by atoms with Gasteiger partial charge in [-0.3, -0.25) is 4.79 Å². The molecule has 0 aliphatic carbocycles. The lowest BCUT2D eigenvalue weighted by Crippen LogP contribution is -2.22. The van der Waals surface area contributed by atoms with E-state index in [4.69, 9.17) is 0 Å². The minimum absolute atomic E-state index is 0.0847. The van der Waals surface area contributed by atoms with E-state index >= 15 is 0 Å². The second kappa shape index (κ2) is 8.60. The summed E-state index contributed by atoms with van der Waals surface area (Å²) in [4.78, 5) is 12.9. The molecule has 0 unspecified atom stereocenters. The molecule has 1 aromatic carbocycles. The SMILES string of the molecule is CCSC(SCC)C(=O)c1c(F)ccn1[C@H](C)c1ccccc1. The van der Waals surface area contributed by atoms with Crippen molar-refractivity contribution in [3.63, 3.8) is 0 Å². The number of nitrogens with zero attached hydrogens (tertiary/aromatic N) is 1. The third-order valence-corrected chi connectivity index (χ3v) is 6.17. The first-order valence-electron chi connectivity index (χ1n) is 7.78. The molecule has 2 rings (SSSR count). The van der Waals surface area contributed by atoms with Gasteiger partial charge in [0, 0.05) is 6.20 Å². The first-order chi connectivity index (χ1) is 11.1. The van der Waals surface area contributed by atoms with Crippen molar-refractivity contribution >= 4 is 29.3 Å². The molecule has 23 heavy (non-hydrogen) atoms. The zero-order valence-electron chi connectivity index (χ0n) is 13.7. The molecule has 0 radical (unpaired) electrons. The molecule has 1 heterocycles. The molecule has 0 N–H and O–H groups in total. The second-order valence-corrected chi connectivity index (χ2v) is 8.18. The fraction of sp³-hybridized carbons (Fsp3) is 0.389. The van der Waals surface area contributed by atoms with Crippen molar-refractivity contribution in [2.24, 2.45) is 0 Å². The zero-order chi connectivity index (χ0) is 16.8. The number of carbonyl (C=O) groups is 1. The van der Waals surface area contributed by atoms with E-state index in [0.717, 1.165) is 17.1 Å². The van der Waals surface area contributed by atoms with Gasteiger partial charge in [0.05, 0.1) is 6.04 Å². The molecule has 2 aromatic rings. The Balaban J connectivity index is 2.36. The van der Waals surface area contributed by atoms with E-state index in [0.29, 0.717) is 0 Å². The van der Waals surface area contributed by atoms with Crippen LogP contribution in [0.3, 0.4) is 0 Å². The van der Waals surface area contributed by atoms with Crippen LogP contribution in [-0.2, 0) is 0 Å². The van der Waals surface area contributed by atoms with Crippen LogP contribution in [0.5, 0.6) is 0 Å². The Labute approximate surface area is 145 Å². The van der Waals surface area contributed by atoms with Crippen LogP contribution < -0.4 is 0 Å². The Morgan fingerprint density at radius 1 is 1.13 bits per heavy atom. The molecular formula is C18H22FNOS2. The molecule has 5 heteroatoms. The highest BCUT2D eigenvalue weighted by Crippen LogP contribution is 2.30. The maximum absolute atomic E-state index is 14.3. The Morgan fingerprint density at radius 2 is 1.74 bits per heavy atom. The minimum atomic E-state index is -0.434. The summed E-state index contributed by atoms with van der Waals surface area (Å²) >= 11 is 3.13. The Bertz CT molecular complexity index is 636. The van der Waals surface area contributed by atoms with Crippen LogP contribution >= 0.6 is 23.5 Å². The molecule has 0 aliphatic rings. The second-order valence-electron chi connectivity index (χ2n) is 5.11. The van der Waals surface area contributed by atoms with Crippen molar-refractivity contribution in [2.75, 3.05) is 11.5 Å². The van der Waals surface area contributed by atoms with Gasteiger partial charge in [-0.1, -0.05) is 44.2 Å². The Morgan fingerprint density at radius 3 is 2.30 bits per heavy atom. The van der Waals surface area contributed by atoms with Crippen molar-refractivity contribution in [1.82, 2.24) is 4.57 Å². The number of rotatable bonds is 8. The molecule has 0 bridgehead atoms.